The van der Waals surface area contributed by atoms with Gasteiger partial charge in [0.15, 0.2) is 5.69 Å². The molecule has 2 rings (SSSR count). The van der Waals surface area contributed by atoms with E-state index in [-0.39, 0.29) is 12.3 Å². The molecule has 1 saturated carbocycles. The summed E-state index contributed by atoms with van der Waals surface area (Å²) in [4.78, 5) is 10.6. The van der Waals surface area contributed by atoms with Crippen LogP contribution in [0.3, 0.4) is 0 Å². The summed E-state index contributed by atoms with van der Waals surface area (Å²) >= 11 is 0. The van der Waals surface area contributed by atoms with Crippen LogP contribution >= 0.6 is 0 Å². The monoisotopic (exact) mass is 236 g/mol. The van der Waals surface area contributed by atoms with Gasteiger partial charge in [-0.05, 0) is 43.7 Å². The number of hydrogen-bond acceptors (Lipinski definition) is 4. The van der Waals surface area contributed by atoms with Crippen molar-refractivity contribution in [2.75, 3.05) is 6.61 Å². The summed E-state index contributed by atoms with van der Waals surface area (Å²) in [6.07, 6.45) is 3.99. The van der Waals surface area contributed by atoms with Crippen LogP contribution in [0, 0.1) is 5.92 Å². The lowest BCUT2D eigenvalue weighted by molar-refractivity contribution is 0.0689. The maximum absolute atomic E-state index is 10.6. The topological polar surface area (TPSA) is 83.3 Å². The summed E-state index contributed by atoms with van der Waals surface area (Å²) in [6.45, 7) is 0.260. The van der Waals surface area contributed by atoms with E-state index >= 15 is 0 Å². The Kier molecular flexibility index (Phi) is 3.68. The van der Waals surface area contributed by atoms with Crippen LogP contribution in [0.5, 0.6) is 0 Å². The standard InChI is InChI=1S/C12H16N2O3/c15-7-8-1-3-9(4-2-8)10-5-6-11(12(16)17)14-13-10/h5-6,8-9,15H,1-4,7H2,(H,16,17). The van der Waals surface area contributed by atoms with Crippen molar-refractivity contribution in [1.29, 1.82) is 0 Å². The largest absolute Gasteiger partial charge is 0.476 e. The van der Waals surface area contributed by atoms with E-state index in [1.165, 1.54) is 6.07 Å². The summed E-state index contributed by atoms with van der Waals surface area (Å²) < 4.78 is 0. The van der Waals surface area contributed by atoms with Gasteiger partial charge in [0.25, 0.3) is 0 Å². The van der Waals surface area contributed by atoms with Gasteiger partial charge < -0.3 is 10.2 Å². The minimum absolute atomic E-state index is 0.0159. The summed E-state index contributed by atoms with van der Waals surface area (Å²) in [6, 6.07) is 3.25. The highest BCUT2D eigenvalue weighted by molar-refractivity contribution is 5.84. The van der Waals surface area contributed by atoms with Crippen molar-refractivity contribution < 1.29 is 15.0 Å². The first kappa shape index (κ1) is 12.0. The van der Waals surface area contributed by atoms with Crippen LogP contribution in [0.2, 0.25) is 0 Å². The number of carboxylic acid groups (broad SMARTS) is 1. The van der Waals surface area contributed by atoms with Gasteiger partial charge in [0.1, 0.15) is 0 Å². The maximum atomic E-state index is 10.6. The van der Waals surface area contributed by atoms with E-state index < -0.39 is 5.97 Å². The quantitative estimate of drug-likeness (QED) is 0.829. The Morgan fingerprint density at radius 3 is 2.41 bits per heavy atom. The average molecular weight is 236 g/mol. The molecule has 17 heavy (non-hydrogen) atoms. The van der Waals surface area contributed by atoms with Crippen LogP contribution in [0.15, 0.2) is 12.1 Å². The fourth-order valence-corrected chi connectivity index (χ4v) is 2.32. The predicted molar refractivity (Wildman–Crippen MR) is 60.8 cm³/mol. The second-order valence-electron chi connectivity index (χ2n) is 4.55. The van der Waals surface area contributed by atoms with Crippen LogP contribution < -0.4 is 0 Å². The van der Waals surface area contributed by atoms with Gasteiger partial charge in [-0.2, -0.15) is 5.10 Å². The van der Waals surface area contributed by atoms with Crippen molar-refractivity contribution in [3.8, 4) is 0 Å². The number of rotatable bonds is 3. The fourth-order valence-electron chi connectivity index (χ4n) is 2.32. The van der Waals surface area contributed by atoms with Gasteiger partial charge >= 0.3 is 5.97 Å². The highest BCUT2D eigenvalue weighted by Crippen LogP contribution is 2.34. The molecule has 0 unspecified atom stereocenters. The molecule has 0 spiro atoms. The normalized spacial score (nSPS) is 24.5. The van der Waals surface area contributed by atoms with E-state index in [0.717, 1.165) is 31.4 Å². The Hall–Kier alpha value is -1.49. The molecular weight excluding hydrogens is 220 g/mol. The number of hydrogen-bond donors (Lipinski definition) is 2. The van der Waals surface area contributed by atoms with Gasteiger partial charge in [0, 0.05) is 12.5 Å². The molecule has 1 aliphatic carbocycles. The number of aromatic carboxylic acids is 1. The Morgan fingerprint density at radius 1 is 1.24 bits per heavy atom. The van der Waals surface area contributed by atoms with Crippen LogP contribution in [0.4, 0.5) is 0 Å². The summed E-state index contributed by atoms with van der Waals surface area (Å²) in [5, 5.41) is 25.4. The number of aliphatic hydroxyl groups excluding tert-OH is 1. The molecule has 0 amide bonds. The molecule has 0 radical (unpaired) electrons. The van der Waals surface area contributed by atoms with Gasteiger partial charge in [0.05, 0.1) is 5.69 Å². The van der Waals surface area contributed by atoms with Gasteiger partial charge in [-0.1, -0.05) is 0 Å². The second-order valence-corrected chi connectivity index (χ2v) is 4.55. The summed E-state index contributed by atoms with van der Waals surface area (Å²) in [5.74, 6) is -0.279. The minimum atomic E-state index is -1.05. The van der Waals surface area contributed by atoms with E-state index in [1.807, 2.05) is 0 Å². The SMILES string of the molecule is O=C(O)c1ccc(C2CCC(CO)CC2)nn1. The van der Waals surface area contributed by atoms with Crippen molar-refractivity contribution in [2.45, 2.75) is 31.6 Å². The molecule has 1 aromatic rings. The van der Waals surface area contributed by atoms with Crippen LogP contribution in [0.25, 0.3) is 0 Å². The first-order valence-electron chi connectivity index (χ1n) is 5.88. The molecule has 2 N–H and O–H groups in total. The highest BCUT2D eigenvalue weighted by Gasteiger charge is 2.23. The first-order chi connectivity index (χ1) is 8.20. The van der Waals surface area contributed by atoms with Crippen LogP contribution in [-0.2, 0) is 0 Å². The zero-order valence-electron chi connectivity index (χ0n) is 9.54. The molecule has 0 atom stereocenters. The summed E-state index contributed by atoms with van der Waals surface area (Å²) in [7, 11) is 0. The zero-order chi connectivity index (χ0) is 12.3. The van der Waals surface area contributed by atoms with Crippen molar-refractivity contribution in [2.24, 2.45) is 5.92 Å². The highest BCUT2D eigenvalue weighted by atomic mass is 16.4. The Morgan fingerprint density at radius 2 is 1.94 bits per heavy atom. The zero-order valence-corrected chi connectivity index (χ0v) is 9.54. The second kappa shape index (κ2) is 5.23. The fraction of sp³-hybridized carbons (Fsp3) is 0.583. The number of carboxylic acids is 1. The third-order valence-corrected chi connectivity index (χ3v) is 3.43. The van der Waals surface area contributed by atoms with Crippen LogP contribution in [0.1, 0.15) is 47.8 Å². The first-order valence-corrected chi connectivity index (χ1v) is 5.88. The minimum Gasteiger partial charge on any atom is -0.476 e. The van der Waals surface area contributed by atoms with Crippen molar-refractivity contribution in [3.63, 3.8) is 0 Å². The molecule has 0 bridgehead atoms. The van der Waals surface area contributed by atoms with Gasteiger partial charge in [-0.3, -0.25) is 0 Å². The molecular formula is C12H16N2O3. The Balaban J connectivity index is 2.01. The molecule has 0 aromatic carbocycles. The van der Waals surface area contributed by atoms with E-state index in [2.05, 4.69) is 10.2 Å². The Labute approximate surface area is 99.5 Å². The van der Waals surface area contributed by atoms with Crippen molar-refractivity contribution in [1.82, 2.24) is 10.2 Å². The molecule has 1 heterocycles. The molecule has 1 aromatic heterocycles. The molecule has 5 heteroatoms. The van der Waals surface area contributed by atoms with E-state index in [1.54, 1.807) is 6.07 Å². The summed E-state index contributed by atoms with van der Waals surface area (Å²) in [5.41, 5.74) is 0.851. The number of nitrogens with zero attached hydrogens (tertiary/aromatic N) is 2. The third kappa shape index (κ3) is 2.79. The molecule has 0 saturated heterocycles. The maximum Gasteiger partial charge on any atom is 0.356 e. The van der Waals surface area contributed by atoms with Gasteiger partial charge in [-0.25, -0.2) is 4.79 Å². The van der Waals surface area contributed by atoms with Crippen LogP contribution in [-0.4, -0.2) is 33.0 Å². The number of aromatic nitrogens is 2. The molecule has 1 fully saturated rings. The smallest absolute Gasteiger partial charge is 0.356 e. The number of carbonyl (C=O) groups is 1. The van der Waals surface area contributed by atoms with Crippen molar-refractivity contribution in [3.05, 3.63) is 23.5 Å². The van der Waals surface area contributed by atoms with E-state index in [4.69, 9.17) is 10.2 Å². The lowest BCUT2D eigenvalue weighted by atomic mass is 9.81. The van der Waals surface area contributed by atoms with Crippen molar-refractivity contribution >= 4 is 5.97 Å². The predicted octanol–water partition coefficient (Wildman–Crippen LogP) is 1.44. The average Bonchev–Trinajstić information content (AvgIpc) is 2.39. The molecule has 1 aliphatic rings. The lowest BCUT2D eigenvalue weighted by Crippen LogP contribution is -2.17. The third-order valence-electron chi connectivity index (χ3n) is 3.43. The number of aliphatic hydroxyl groups is 1. The Bertz CT molecular complexity index is 383. The van der Waals surface area contributed by atoms with E-state index in [9.17, 15) is 4.79 Å². The lowest BCUT2D eigenvalue weighted by Gasteiger charge is -2.26. The van der Waals surface area contributed by atoms with Gasteiger partial charge in [0.2, 0.25) is 0 Å². The molecule has 0 aliphatic heterocycles. The van der Waals surface area contributed by atoms with E-state index in [0.29, 0.717) is 11.8 Å². The molecule has 5 nitrogen and oxygen atoms in total. The van der Waals surface area contributed by atoms with Gasteiger partial charge in [-0.15, -0.1) is 5.10 Å². The molecule has 92 valence electrons.